The van der Waals surface area contributed by atoms with Gasteiger partial charge in [0.1, 0.15) is 17.2 Å². The molecule has 0 bridgehead atoms. The van der Waals surface area contributed by atoms with Gasteiger partial charge in [-0.3, -0.25) is 10.1 Å². The van der Waals surface area contributed by atoms with Gasteiger partial charge in [0.05, 0.1) is 23.7 Å². The molecule has 1 aromatic heterocycles. The summed E-state index contributed by atoms with van der Waals surface area (Å²) in [6, 6.07) is 2.79. The number of pyridine rings is 1. The van der Waals surface area contributed by atoms with Gasteiger partial charge in [0, 0.05) is 33.7 Å². The maximum Gasteiger partial charge on any atom is 0.276 e. The molecule has 8 heteroatoms. The van der Waals surface area contributed by atoms with E-state index in [1.165, 1.54) is 12.1 Å². The molecule has 0 aromatic carbocycles. The van der Waals surface area contributed by atoms with Crippen LogP contribution in [0.5, 0.6) is 0 Å². The van der Waals surface area contributed by atoms with Crippen LogP contribution in [0.2, 0.25) is 0 Å². The third kappa shape index (κ3) is 3.14. The van der Waals surface area contributed by atoms with Gasteiger partial charge in [0.25, 0.3) is 5.69 Å². The van der Waals surface area contributed by atoms with Crippen LogP contribution in [0.4, 0.5) is 17.3 Å². The lowest BCUT2D eigenvalue weighted by Gasteiger charge is -2.26. The topological polar surface area (TPSA) is 98.6 Å². The Morgan fingerprint density at radius 3 is 2.85 bits per heavy atom. The quantitative estimate of drug-likeness (QED) is 0.598. The van der Waals surface area contributed by atoms with Crippen LogP contribution >= 0.6 is 0 Å². The zero-order chi connectivity index (χ0) is 14.6. The number of hydrogen-bond acceptors (Lipinski definition) is 7. The normalized spacial score (nSPS) is 21.7. The zero-order valence-electron chi connectivity index (χ0n) is 11.5. The second-order valence-electron chi connectivity index (χ2n) is 4.65. The number of nitrogens with zero attached hydrogens (tertiary/aromatic N) is 2. The summed E-state index contributed by atoms with van der Waals surface area (Å²) in [4.78, 5) is 14.7. The van der Waals surface area contributed by atoms with Crippen LogP contribution in [-0.4, -0.2) is 49.4 Å². The summed E-state index contributed by atoms with van der Waals surface area (Å²) in [7, 11) is 3.30. The van der Waals surface area contributed by atoms with Gasteiger partial charge in [-0.1, -0.05) is 0 Å². The van der Waals surface area contributed by atoms with Crippen molar-refractivity contribution < 1.29 is 14.4 Å². The number of hydrogen-bond donors (Lipinski definition) is 2. The van der Waals surface area contributed by atoms with Crippen molar-refractivity contribution in [2.45, 2.75) is 12.0 Å². The molecular weight excluding hydrogens is 264 g/mol. The zero-order valence-corrected chi connectivity index (χ0v) is 11.5. The molecule has 1 saturated heterocycles. The molecule has 1 fully saturated rings. The molecule has 8 nitrogen and oxygen atoms in total. The van der Waals surface area contributed by atoms with Gasteiger partial charge in [-0.2, -0.15) is 0 Å². The third-order valence-electron chi connectivity index (χ3n) is 3.37. The van der Waals surface area contributed by atoms with E-state index in [1.54, 1.807) is 14.2 Å². The number of nitro groups is 1. The highest BCUT2D eigenvalue weighted by Crippen LogP contribution is 2.25. The van der Waals surface area contributed by atoms with Crippen LogP contribution in [0.25, 0.3) is 0 Å². The molecule has 2 rings (SSSR count). The fourth-order valence-corrected chi connectivity index (χ4v) is 2.05. The number of ether oxygens (including phenoxy) is 2. The first-order chi connectivity index (χ1) is 9.58. The van der Waals surface area contributed by atoms with Crippen LogP contribution < -0.4 is 10.6 Å². The Labute approximate surface area is 116 Å². The molecule has 1 atom stereocenters. The SMILES string of the molecule is CNc1cc([N+](=O)[O-])cc(NCC2(OC)CCOC2)n1. The van der Waals surface area contributed by atoms with E-state index in [0.29, 0.717) is 31.4 Å². The summed E-state index contributed by atoms with van der Waals surface area (Å²) in [6.07, 6.45) is 0.782. The minimum absolute atomic E-state index is 0.0130. The summed E-state index contributed by atoms with van der Waals surface area (Å²) in [5.41, 5.74) is -0.410. The summed E-state index contributed by atoms with van der Waals surface area (Å²) >= 11 is 0. The monoisotopic (exact) mass is 282 g/mol. The molecule has 0 aliphatic carbocycles. The Balaban J connectivity index is 2.12. The molecule has 0 saturated carbocycles. The van der Waals surface area contributed by atoms with Crippen molar-refractivity contribution in [2.75, 3.05) is 44.5 Å². The Hall–Kier alpha value is -1.93. The predicted molar refractivity (Wildman–Crippen MR) is 74.1 cm³/mol. The van der Waals surface area contributed by atoms with Gasteiger partial charge in [0.15, 0.2) is 0 Å². The lowest BCUT2D eigenvalue weighted by atomic mass is 10.0. The predicted octanol–water partition coefficient (Wildman–Crippen LogP) is 1.25. The Bertz CT molecular complexity index is 488. The van der Waals surface area contributed by atoms with Crippen LogP contribution in [0.3, 0.4) is 0 Å². The molecule has 0 amide bonds. The number of rotatable bonds is 6. The van der Waals surface area contributed by atoms with Gasteiger partial charge >= 0.3 is 0 Å². The van der Waals surface area contributed by atoms with Crippen molar-refractivity contribution in [3.8, 4) is 0 Å². The molecule has 0 radical (unpaired) electrons. The Kier molecular flexibility index (Phi) is 4.35. The molecule has 1 aliphatic rings. The van der Waals surface area contributed by atoms with E-state index in [1.807, 2.05) is 0 Å². The molecule has 2 N–H and O–H groups in total. The van der Waals surface area contributed by atoms with Crippen LogP contribution in [0.15, 0.2) is 12.1 Å². The molecule has 20 heavy (non-hydrogen) atoms. The van der Waals surface area contributed by atoms with Gasteiger partial charge in [0.2, 0.25) is 0 Å². The maximum atomic E-state index is 10.9. The lowest BCUT2D eigenvalue weighted by Crippen LogP contribution is -2.39. The second-order valence-corrected chi connectivity index (χ2v) is 4.65. The molecule has 0 spiro atoms. The van der Waals surface area contributed by atoms with Crippen LogP contribution in [0.1, 0.15) is 6.42 Å². The van der Waals surface area contributed by atoms with E-state index in [4.69, 9.17) is 9.47 Å². The largest absolute Gasteiger partial charge is 0.378 e. The Morgan fingerprint density at radius 2 is 2.30 bits per heavy atom. The highest BCUT2D eigenvalue weighted by Gasteiger charge is 2.34. The number of methoxy groups -OCH3 is 1. The van der Waals surface area contributed by atoms with E-state index < -0.39 is 10.5 Å². The van der Waals surface area contributed by atoms with E-state index in [-0.39, 0.29) is 5.69 Å². The highest BCUT2D eigenvalue weighted by atomic mass is 16.6. The van der Waals surface area contributed by atoms with E-state index >= 15 is 0 Å². The lowest BCUT2D eigenvalue weighted by molar-refractivity contribution is -0.384. The van der Waals surface area contributed by atoms with Crippen molar-refractivity contribution in [3.05, 3.63) is 22.2 Å². The third-order valence-corrected chi connectivity index (χ3v) is 3.37. The van der Waals surface area contributed by atoms with Crippen molar-refractivity contribution >= 4 is 17.3 Å². The second kappa shape index (κ2) is 6.02. The summed E-state index contributed by atoms with van der Waals surface area (Å²) in [6.45, 7) is 1.64. The van der Waals surface area contributed by atoms with Crippen molar-refractivity contribution in [1.29, 1.82) is 0 Å². The van der Waals surface area contributed by atoms with Gasteiger partial charge in [-0.25, -0.2) is 4.98 Å². The summed E-state index contributed by atoms with van der Waals surface area (Å²) in [5, 5.41) is 16.8. The van der Waals surface area contributed by atoms with Gasteiger partial charge < -0.3 is 20.1 Å². The van der Waals surface area contributed by atoms with Crippen molar-refractivity contribution in [1.82, 2.24) is 4.98 Å². The van der Waals surface area contributed by atoms with Gasteiger partial charge in [-0.05, 0) is 0 Å². The fraction of sp³-hybridized carbons (Fsp3) is 0.583. The summed E-state index contributed by atoms with van der Waals surface area (Å²) in [5.74, 6) is 0.878. The van der Waals surface area contributed by atoms with E-state index in [0.717, 1.165) is 6.42 Å². The Morgan fingerprint density at radius 1 is 1.55 bits per heavy atom. The van der Waals surface area contributed by atoms with Crippen molar-refractivity contribution in [3.63, 3.8) is 0 Å². The average Bonchev–Trinajstić information content (AvgIpc) is 2.94. The smallest absolute Gasteiger partial charge is 0.276 e. The first-order valence-corrected chi connectivity index (χ1v) is 6.29. The molecule has 1 unspecified atom stereocenters. The molecule has 1 aliphatic heterocycles. The number of aromatic nitrogens is 1. The molecular formula is C12H18N4O4. The van der Waals surface area contributed by atoms with E-state index in [2.05, 4.69) is 15.6 Å². The molecule has 110 valence electrons. The fourth-order valence-electron chi connectivity index (χ4n) is 2.05. The van der Waals surface area contributed by atoms with Crippen molar-refractivity contribution in [2.24, 2.45) is 0 Å². The standard InChI is InChI=1S/C12H18N4O4/c1-13-10-5-9(16(17)18)6-11(15-10)14-7-12(19-2)3-4-20-8-12/h5-6H,3-4,7-8H2,1-2H3,(H2,13,14,15). The highest BCUT2D eigenvalue weighted by molar-refractivity contribution is 5.54. The first-order valence-electron chi connectivity index (χ1n) is 6.29. The first kappa shape index (κ1) is 14.5. The van der Waals surface area contributed by atoms with Crippen LogP contribution in [0, 0.1) is 10.1 Å². The average molecular weight is 282 g/mol. The maximum absolute atomic E-state index is 10.9. The van der Waals surface area contributed by atoms with Gasteiger partial charge in [-0.15, -0.1) is 0 Å². The minimum atomic E-state index is -0.446. The number of anilines is 2. The molecule has 1 aromatic rings. The molecule has 2 heterocycles. The number of nitrogens with one attached hydrogen (secondary N) is 2. The van der Waals surface area contributed by atoms with Crippen LogP contribution in [-0.2, 0) is 9.47 Å². The minimum Gasteiger partial charge on any atom is -0.378 e. The summed E-state index contributed by atoms with van der Waals surface area (Å²) < 4.78 is 10.8. The van der Waals surface area contributed by atoms with E-state index in [9.17, 15) is 10.1 Å².